The summed E-state index contributed by atoms with van der Waals surface area (Å²) in [7, 11) is 0. The minimum Gasteiger partial charge on any atom is -0.450 e. The van der Waals surface area contributed by atoms with Crippen LogP contribution in [0.4, 0.5) is 0 Å². The van der Waals surface area contributed by atoms with E-state index in [1.807, 2.05) is 18.2 Å². The van der Waals surface area contributed by atoms with Crippen molar-refractivity contribution in [2.24, 2.45) is 0 Å². The highest BCUT2D eigenvalue weighted by Crippen LogP contribution is 2.20. The van der Waals surface area contributed by atoms with Crippen LogP contribution in [0.3, 0.4) is 0 Å². The Morgan fingerprint density at radius 2 is 2.11 bits per heavy atom. The van der Waals surface area contributed by atoms with Crippen LogP contribution in [0.15, 0.2) is 34.7 Å². The second kappa shape index (κ2) is 4.76. The van der Waals surface area contributed by atoms with Crippen LogP contribution < -0.4 is 5.32 Å². The van der Waals surface area contributed by atoms with Crippen molar-refractivity contribution in [1.29, 1.82) is 0 Å². The zero-order valence-electron chi connectivity index (χ0n) is 10.2. The number of rotatable bonds is 4. The standard InChI is InChI=1S/C14H13NO4/c16-13(15-10-5-6-10)8-18-14(17)12-7-9-3-1-2-4-11(9)19-12/h1-4,7,10H,5-6,8H2,(H,15,16). The highest BCUT2D eigenvalue weighted by Gasteiger charge is 2.24. The summed E-state index contributed by atoms with van der Waals surface area (Å²) in [5, 5.41) is 3.57. The van der Waals surface area contributed by atoms with Crippen LogP contribution >= 0.6 is 0 Å². The Labute approximate surface area is 109 Å². The summed E-state index contributed by atoms with van der Waals surface area (Å²) in [5.74, 6) is -0.783. The number of carbonyl (C=O) groups excluding carboxylic acids is 2. The third-order valence-corrected chi connectivity index (χ3v) is 2.90. The predicted molar refractivity (Wildman–Crippen MR) is 67.7 cm³/mol. The minimum atomic E-state index is -0.623. The number of benzene rings is 1. The molecule has 1 aliphatic carbocycles. The number of furan rings is 1. The Balaban J connectivity index is 1.61. The fourth-order valence-corrected chi connectivity index (χ4v) is 1.78. The number of esters is 1. The molecule has 0 aliphatic heterocycles. The van der Waals surface area contributed by atoms with Crippen LogP contribution in [-0.4, -0.2) is 24.5 Å². The number of nitrogens with one attached hydrogen (secondary N) is 1. The molecule has 1 aromatic heterocycles. The van der Waals surface area contributed by atoms with Crippen LogP contribution in [0, 0.1) is 0 Å². The molecule has 1 amide bonds. The van der Waals surface area contributed by atoms with E-state index in [2.05, 4.69) is 5.32 Å². The van der Waals surface area contributed by atoms with Crippen LogP contribution in [0.1, 0.15) is 23.4 Å². The molecule has 98 valence electrons. The third kappa shape index (κ3) is 2.76. The van der Waals surface area contributed by atoms with Gasteiger partial charge in [0.2, 0.25) is 5.76 Å². The molecule has 1 N–H and O–H groups in total. The molecule has 0 bridgehead atoms. The molecule has 1 aliphatic rings. The second-order valence-electron chi connectivity index (χ2n) is 4.57. The van der Waals surface area contributed by atoms with E-state index < -0.39 is 5.97 Å². The number of hydrogen-bond donors (Lipinski definition) is 1. The van der Waals surface area contributed by atoms with Gasteiger partial charge >= 0.3 is 5.97 Å². The van der Waals surface area contributed by atoms with Crippen molar-refractivity contribution in [3.05, 3.63) is 36.1 Å². The lowest BCUT2D eigenvalue weighted by Gasteiger charge is -2.03. The zero-order valence-corrected chi connectivity index (χ0v) is 10.2. The fraction of sp³-hybridized carbons (Fsp3) is 0.286. The van der Waals surface area contributed by atoms with Gasteiger partial charge in [-0.25, -0.2) is 4.79 Å². The molecule has 0 atom stereocenters. The van der Waals surface area contributed by atoms with Gasteiger partial charge in [0.1, 0.15) is 5.58 Å². The van der Waals surface area contributed by atoms with Crippen molar-refractivity contribution in [3.63, 3.8) is 0 Å². The van der Waals surface area contributed by atoms with Gasteiger partial charge in [-0.2, -0.15) is 0 Å². The molecule has 2 aromatic rings. The molecule has 0 radical (unpaired) electrons. The monoisotopic (exact) mass is 259 g/mol. The number of para-hydroxylation sites is 1. The SMILES string of the molecule is O=C(COC(=O)c1cc2ccccc2o1)NC1CC1. The molecule has 3 rings (SSSR count). The van der Waals surface area contributed by atoms with Gasteiger partial charge in [0.25, 0.3) is 5.91 Å². The lowest BCUT2D eigenvalue weighted by molar-refractivity contribution is -0.124. The average Bonchev–Trinajstić information content (AvgIpc) is 3.10. The van der Waals surface area contributed by atoms with Crippen molar-refractivity contribution in [3.8, 4) is 0 Å². The van der Waals surface area contributed by atoms with Crippen LogP contribution in [0.25, 0.3) is 11.0 Å². The fourth-order valence-electron chi connectivity index (χ4n) is 1.78. The number of amides is 1. The maximum Gasteiger partial charge on any atom is 0.374 e. The molecule has 1 fully saturated rings. The summed E-state index contributed by atoms with van der Waals surface area (Å²) in [6, 6.07) is 9.16. The Morgan fingerprint density at radius 3 is 2.84 bits per heavy atom. The first-order valence-electron chi connectivity index (χ1n) is 6.17. The molecular weight excluding hydrogens is 246 g/mol. The molecule has 19 heavy (non-hydrogen) atoms. The van der Waals surface area contributed by atoms with E-state index in [-0.39, 0.29) is 24.3 Å². The summed E-state index contributed by atoms with van der Waals surface area (Å²) in [4.78, 5) is 23.1. The van der Waals surface area contributed by atoms with E-state index in [9.17, 15) is 9.59 Å². The topological polar surface area (TPSA) is 68.5 Å². The summed E-state index contributed by atoms with van der Waals surface area (Å²) < 4.78 is 10.3. The van der Waals surface area contributed by atoms with Crippen molar-refractivity contribution in [1.82, 2.24) is 5.32 Å². The first kappa shape index (κ1) is 11.8. The van der Waals surface area contributed by atoms with Gasteiger partial charge in [-0.05, 0) is 25.0 Å². The van der Waals surface area contributed by atoms with Crippen molar-refractivity contribution < 1.29 is 18.7 Å². The molecule has 0 unspecified atom stereocenters. The normalized spacial score (nSPS) is 14.3. The molecule has 1 saturated carbocycles. The van der Waals surface area contributed by atoms with Crippen LogP contribution in [0.2, 0.25) is 0 Å². The van der Waals surface area contributed by atoms with Gasteiger partial charge in [-0.3, -0.25) is 4.79 Å². The maximum atomic E-state index is 11.7. The predicted octanol–water partition coefficient (Wildman–Crippen LogP) is 1.87. The smallest absolute Gasteiger partial charge is 0.374 e. The Morgan fingerprint density at radius 1 is 1.32 bits per heavy atom. The van der Waals surface area contributed by atoms with E-state index in [1.54, 1.807) is 12.1 Å². The highest BCUT2D eigenvalue weighted by atomic mass is 16.5. The maximum absolute atomic E-state index is 11.7. The number of ether oxygens (including phenoxy) is 1. The molecule has 1 heterocycles. The summed E-state index contributed by atoms with van der Waals surface area (Å²) in [5.41, 5.74) is 0.622. The Bertz CT molecular complexity index is 594. The van der Waals surface area contributed by atoms with E-state index in [0.29, 0.717) is 5.58 Å². The van der Waals surface area contributed by atoms with Crippen LogP contribution in [-0.2, 0) is 9.53 Å². The summed E-state index contributed by atoms with van der Waals surface area (Å²) >= 11 is 0. The molecule has 1 aromatic carbocycles. The first-order chi connectivity index (χ1) is 9.22. The number of fused-ring (bicyclic) bond motifs is 1. The molecule has 5 heteroatoms. The third-order valence-electron chi connectivity index (χ3n) is 2.90. The van der Waals surface area contributed by atoms with Gasteiger partial charge in [-0.15, -0.1) is 0 Å². The van der Waals surface area contributed by atoms with E-state index in [1.165, 1.54) is 0 Å². The Kier molecular flexibility index (Phi) is 2.95. The van der Waals surface area contributed by atoms with Crippen molar-refractivity contribution in [2.75, 3.05) is 6.61 Å². The van der Waals surface area contributed by atoms with Gasteiger partial charge in [0.05, 0.1) is 0 Å². The van der Waals surface area contributed by atoms with Crippen molar-refractivity contribution >= 4 is 22.8 Å². The second-order valence-corrected chi connectivity index (χ2v) is 4.57. The first-order valence-corrected chi connectivity index (χ1v) is 6.17. The van der Waals surface area contributed by atoms with Crippen molar-refractivity contribution in [2.45, 2.75) is 18.9 Å². The molecular formula is C14H13NO4. The van der Waals surface area contributed by atoms with Gasteiger partial charge in [-0.1, -0.05) is 18.2 Å². The van der Waals surface area contributed by atoms with Gasteiger partial charge in [0, 0.05) is 11.4 Å². The summed E-state index contributed by atoms with van der Waals surface area (Å²) in [6.07, 6.45) is 2.01. The average molecular weight is 259 g/mol. The van der Waals surface area contributed by atoms with E-state index in [0.717, 1.165) is 18.2 Å². The van der Waals surface area contributed by atoms with Crippen LogP contribution in [0.5, 0.6) is 0 Å². The minimum absolute atomic E-state index is 0.112. The summed E-state index contributed by atoms with van der Waals surface area (Å²) in [6.45, 7) is -0.271. The molecule has 0 spiro atoms. The lowest BCUT2D eigenvalue weighted by atomic mass is 10.2. The van der Waals surface area contributed by atoms with Gasteiger partial charge < -0.3 is 14.5 Å². The van der Waals surface area contributed by atoms with Gasteiger partial charge in [0.15, 0.2) is 6.61 Å². The number of carbonyl (C=O) groups is 2. The largest absolute Gasteiger partial charge is 0.450 e. The Hall–Kier alpha value is -2.30. The van der Waals surface area contributed by atoms with E-state index >= 15 is 0 Å². The number of hydrogen-bond acceptors (Lipinski definition) is 4. The molecule has 0 saturated heterocycles. The molecule has 5 nitrogen and oxygen atoms in total. The zero-order chi connectivity index (χ0) is 13.2. The lowest BCUT2D eigenvalue weighted by Crippen LogP contribution is -2.30. The van der Waals surface area contributed by atoms with E-state index in [4.69, 9.17) is 9.15 Å². The highest BCUT2D eigenvalue weighted by molar-refractivity contribution is 5.93. The quantitative estimate of drug-likeness (QED) is 0.851.